The van der Waals surface area contributed by atoms with E-state index in [0.29, 0.717) is 17.9 Å². The van der Waals surface area contributed by atoms with Crippen molar-refractivity contribution in [2.45, 2.75) is 6.61 Å². The summed E-state index contributed by atoms with van der Waals surface area (Å²) in [6.45, 7) is 0.353. The number of carboxylic acid groups (broad SMARTS) is 1. The number of rotatable bonds is 3. The van der Waals surface area contributed by atoms with Crippen molar-refractivity contribution in [3.05, 3.63) is 35.4 Å². The Balaban J connectivity index is 2.59. The summed E-state index contributed by atoms with van der Waals surface area (Å²) in [5.74, 6) is -0.556. The molecule has 5 nitrogen and oxygen atoms in total. The molecule has 0 aliphatic carbocycles. The Kier molecular flexibility index (Phi) is 2.93. The van der Waals surface area contributed by atoms with Gasteiger partial charge in [0.05, 0.1) is 17.7 Å². The molecule has 0 atom stereocenters. The number of hydrogen-bond acceptors (Lipinski definition) is 4. The molecule has 5 heteroatoms. The molecule has 17 heavy (non-hydrogen) atoms. The fourth-order valence-electron chi connectivity index (χ4n) is 1.64. The van der Waals surface area contributed by atoms with Gasteiger partial charge in [-0.15, -0.1) is 0 Å². The summed E-state index contributed by atoms with van der Waals surface area (Å²) < 4.78 is 5.00. The first-order valence-corrected chi connectivity index (χ1v) is 5.03. The normalized spacial score (nSPS) is 10.6. The highest BCUT2D eigenvalue weighted by molar-refractivity contribution is 5.93. The van der Waals surface area contributed by atoms with E-state index in [1.54, 1.807) is 25.3 Å². The minimum Gasteiger partial charge on any atom is -0.478 e. The Hall–Kier alpha value is -2.14. The number of methoxy groups -OCH3 is 1. The fourth-order valence-corrected chi connectivity index (χ4v) is 1.64. The van der Waals surface area contributed by atoms with Crippen LogP contribution in [0.4, 0.5) is 5.82 Å². The minimum absolute atomic E-state index is 0.229. The van der Waals surface area contributed by atoms with Crippen molar-refractivity contribution >= 4 is 22.7 Å². The first kappa shape index (κ1) is 11.3. The van der Waals surface area contributed by atoms with Gasteiger partial charge in [0.15, 0.2) is 0 Å². The molecule has 1 aromatic heterocycles. The standard InChI is InChI=1S/C12H12N2O3/c1-17-6-9-5-8-4-7(12(15)16)2-3-10(8)14-11(9)13/h2-5H,6H2,1H3,(H2,13,14)(H,15,16). The first-order valence-electron chi connectivity index (χ1n) is 5.03. The number of ether oxygens (including phenoxy) is 1. The number of benzene rings is 1. The van der Waals surface area contributed by atoms with Crippen molar-refractivity contribution in [1.29, 1.82) is 0 Å². The molecule has 0 saturated heterocycles. The Morgan fingerprint density at radius 1 is 1.47 bits per heavy atom. The molecule has 1 heterocycles. The lowest BCUT2D eigenvalue weighted by molar-refractivity contribution is 0.0697. The number of carbonyl (C=O) groups is 1. The Morgan fingerprint density at radius 3 is 2.88 bits per heavy atom. The van der Waals surface area contributed by atoms with Crippen LogP contribution in [-0.4, -0.2) is 23.2 Å². The smallest absolute Gasteiger partial charge is 0.335 e. The number of aromatic carboxylic acids is 1. The molecule has 0 bridgehead atoms. The molecule has 1 aromatic carbocycles. The van der Waals surface area contributed by atoms with Crippen LogP contribution in [0.3, 0.4) is 0 Å². The van der Waals surface area contributed by atoms with Gasteiger partial charge in [0.2, 0.25) is 0 Å². The van der Waals surface area contributed by atoms with Crippen molar-refractivity contribution < 1.29 is 14.6 Å². The Morgan fingerprint density at radius 2 is 2.24 bits per heavy atom. The molecule has 0 fully saturated rings. The number of nitrogens with two attached hydrogens (primary N) is 1. The van der Waals surface area contributed by atoms with Crippen LogP contribution < -0.4 is 5.73 Å². The van der Waals surface area contributed by atoms with Crippen LogP contribution >= 0.6 is 0 Å². The highest BCUT2D eigenvalue weighted by Gasteiger charge is 2.07. The predicted molar refractivity (Wildman–Crippen MR) is 63.8 cm³/mol. The van der Waals surface area contributed by atoms with E-state index in [4.69, 9.17) is 15.6 Å². The number of hydrogen-bond donors (Lipinski definition) is 2. The maximum absolute atomic E-state index is 10.9. The third-order valence-corrected chi connectivity index (χ3v) is 2.47. The molecule has 0 spiro atoms. The number of nitrogen functional groups attached to an aromatic ring is 1. The van der Waals surface area contributed by atoms with Gasteiger partial charge in [-0.1, -0.05) is 0 Å². The molecule has 0 aliphatic rings. The average Bonchev–Trinajstić information content (AvgIpc) is 2.29. The van der Waals surface area contributed by atoms with Crippen molar-refractivity contribution in [3.8, 4) is 0 Å². The van der Waals surface area contributed by atoms with Crippen molar-refractivity contribution in [2.75, 3.05) is 12.8 Å². The quantitative estimate of drug-likeness (QED) is 0.840. The highest BCUT2D eigenvalue weighted by atomic mass is 16.5. The van der Waals surface area contributed by atoms with E-state index < -0.39 is 5.97 Å². The van der Waals surface area contributed by atoms with Gasteiger partial charge in [-0.3, -0.25) is 0 Å². The second kappa shape index (κ2) is 4.39. The van der Waals surface area contributed by atoms with Crippen LogP contribution in [0.1, 0.15) is 15.9 Å². The molecule has 88 valence electrons. The zero-order valence-corrected chi connectivity index (χ0v) is 9.30. The number of anilines is 1. The van der Waals surface area contributed by atoms with Crippen LogP contribution in [0.25, 0.3) is 10.9 Å². The zero-order chi connectivity index (χ0) is 12.4. The molecule has 0 aliphatic heterocycles. The predicted octanol–water partition coefficient (Wildman–Crippen LogP) is 1.66. The van der Waals surface area contributed by atoms with Crippen LogP contribution in [0.5, 0.6) is 0 Å². The largest absolute Gasteiger partial charge is 0.478 e. The maximum Gasteiger partial charge on any atom is 0.335 e. The summed E-state index contributed by atoms with van der Waals surface area (Å²) in [5, 5.41) is 9.64. The van der Waals surface area contributed by atoms with Gasteiger partial charge in [-0.25, -0.2) is 9.78 Å². The lowest BCUT2D eigenvalue weighted by Crippen LogP contribution is -2.01. The van der Waals surface area contributed by atoms with E-state index in [1.165, 1.54) is 6.07 Å². The molecule has 0 saturated carbocycles. The van der Waals surface area contributed by atoms with Crippen molar-refractivity contribution in [3.63, 3.8) is 0 Å². The maximum atomic E-state index is 10.9. The van der Waals surface area contributed by atoms with E-state index in [9.17, 15) is 4.79 Å². The molecule has 0 unspecified atom stereocenters. The first-order chi connectivity index (χ1) is 8.11. The molecule has 2 aromatic rings. The summed E-state index contributed by atoms with van der Waals surface area (Å²) >= 11 is 0. The van der Waals surface area contributed by atoms with E-state index in [-0.39, 0.29) is 5.56 Å². The monoisotopic (exact) mass is 232 g/mol. The van der Waals surface area contributed by atoms with Gasteiger partial charge in [0.1, 0.15) is 5.82 Å². The molecule has 2 rings (SSSR count). The SMILES string of the molecule is COCc1cc2cc(C(=O)O)ccc2nc1N. The average molecular weight is 232 g/mol. The molecule has 0 radical (unpaired) electrons. The number of carboxylic acids is 1. The Bertz CT molecular complexity index is 581. The summed E-state index contributed by atoms with van der Waals surface area (Å²) in [6, 6.07) is 6.52. The van der Waals surface area contributed by atoms with E-state index in [2.05, 4.69) is 4.98 Å². The van der Waals surface area contributed by atoms with Gasteiger partial charge in [-0.2, -0.15) is 0 Å². The van der Waals surface area contributed by atoms with Crippen molar-refractivity contribution in [2.24, 2.45) is 0 Å². The van der Waals surface area contributed by atoms with Gasteiger partial charge < -0.3 is 15.6 Å². The van der Waals surface area contributed by atoms with Gasteiger partial charge in [0, 0.05) is 18.1 Å². The lowest BCUT2D eigenvalue weighted by atomic mass is 10.1. The number of nitrogens with zero attached hydrogens (tertiary/aromatic N) is 1. The van der Waals surface area contributed by atoms with Crippen LogP contribution in [-0.2, 0) is 11.3 Å². The molecule has 0 amide bonds. The Labute approximate surface area is 97.8 Å². The lowest BCUT2D eigenvalue weighted by Gasteiger charge is -2.06. The van der Waals surface area contributed by atoms with Crippen LogP contribution in [0.15, 0.2) is 24.3 Å². The third kappa shape index (κ3) is 2.19. The van der Waals surface area contributed by atoms with Crippen LogP contribution in [0.2, 0.25) is 0 Å². The number of fused-ring (bicyclic) bond motifs is 1. The van der Waals surface area contributed by atoms with E-state index in [1.807, 2.05) is 0 Å². The van der Waals surface area contributed by atoms with Crippen molar-refractivity contribution in [1.82, 2.24) is 4.98 Å². The zero-order valence-electron chi connectivity index (χ0n) is 9.30. The number of pyridine rings is 1. The van der Waals surface area contributed by atoms with E-state index >= 15 is 0 Å². The molecule has 3 N–H and O–H groups in total. The van der Waals surface area contributed by atoms with Gasteiger partial charge in [-0.05, 0) is 24.3 Å². The minimum atomic E-state index is -0.961. The van der Waals surface area contributed by atoms with Gasteiger partial charge >= 0.3 is 5.97 Å². The summed E-state index contributed by atoms with van der Waals surface area (Å²) in [7, 11) is 1.57. The fraction of sp³-hybridized carbons (Fsp3) is 0.167. The summed E-state index contributed by atoms with van der Waals surface area (Å²) in [5.41, 5.74) is 7.42. The third-order valence-electron chi connectivity index (χ3n) is 2.47. The molecular weight excluding hydrogens is 220 g/mol. The summed E-state index contributed by atoms with van der Waals surface area (Å²) in [6.07, 6.45) is 0. The van der Waals surface area contributed by atoms with Crippen LogP contribution in [0, 0.1) is 0 Å². The highest BCUT2D eigenvalue weighted by Crippen LogP contribution is 2.20. The molecular formula is C12H12N2O3. The number of aromatic nitrogens is 1. The van der Waals surface area contributed by atoms with Gasteiger partial charge in [0.25, 0.3) is 0 Å². The second-order valence-electron chi connectivity index (χ2n) is 3.68. The second-order valence-corrected chi connectivity index (χ2v) is 3.68. The topological polar surface area (TPSA) is 85.4 Å². The summed E-state index contributed by atoms with van der Waals surface area (Å²) in [4.78, 5) is 15.1. The van der Waals surface area contributed by atoms with E-state index in [0.717, 1.165) is 10.9 Å².